The summed E-state index contributed by atoms with van der Waals surface area (Å²) < 4.78 is 33.2. The predicted molar refractivity (Wildman–Crippen MR) is 174 cm³/mol. The van der Waals surface area contributed by atoms with Crippen LogP contribution in [0.25, 0.3) is 0 Å². The van der Waals surface area contributed by atoms with Gasteiger partial charge >= 0.3 is 0 Å². The van der Waals surface area contributed by atoms with Crippen molar-refractivity contribution in [1.82, 2.24) is 24.1 Å². The maximum Gasteiger partial charge on any atom is 0.229 e. The first-order chi connectivity index (χ1) is 20.9. The molecule has 2 fully saturated rings. The van der Waals surface area contributed by atoms with Gasteiger partial charge in [-0.05, 0) is 61.8 Å². The quantitative estimate of drug-likeness (QED) is 0.260. The number of hydrogen-bond acceptors (Lipinski definition) is 10. The Kier molecular flexibility index (Phi) is 12.5. The first-order valence-corrected chi connectivity index (χ1v) is 16.9. The SMILES string of the molecule is C=O.CCCO.Cc1cc(Nc2ncc(Cl)c(Nc3cn(C)nc3CC(C)C)n2)c(OC2CC2)cc1C1CN(S(C)(=O)=O)C1. The van der Waals surface area contributed by atoms with Crippen molar-refractivity contribution in [3.63, 3.8) is 0 Å². The number of benzene rings is 1. The Balaban J connectivity index is 0.000000816. The van der Waals surface area contributed by atoms with Crippen molar-refractivity contribution >= 4 is 51.6 Å². The number of anilines is 4. The van der Waals surface area contributed by atoms with E-state index < -0.39 is 10.0 Å². The zero-order valence-corrected chi connectivity index (χ0v) is 27.9. The molecule has 0 unspecified atom stereocenters. The van der Waals surface area contributed by atoms with Gasteiger partial charge in [0.2, 0.25) is 16.0 Å². The van der Waals surface area contributed by atoms with Gasteiger partial charge in [0, 0.05) is 38.9 Å². The smallest absolute Gasteiger partial charge is 0.229 e. The average molecular weight is 650 g/mol. The van der Waals surface area contributed by atoms with Crippen molar-refractivity contribution in [3.05, 3.63) is 46.4 Å². The number of sulfonamides is 1. The van der Waals surface area contributed by atoms with E-state index in [9.17, 15) is 8.42 Å². The van der Waals surface area contributed by atoms with Crippen LogP contribution in [-0.4, -0.2) is 76.4 Å². The summed E-state index contributed by atoms with van der Waals surface area (Å²) in [5, 5.41) is 19.5. The number of aromatic nitrogens is 4. The summed E-state index contributed by atoms with van der Waals surface area (Å²) in [5.74, 6) is 2.17. The number of rotatable bonds is 11. The van der Waals surface area contributed by atoms with E-state index in [0.29, 0.717) is 48.2 Å². The van der Waals surface area contributed by atoms with Crippen LogP contribution in [0.3, 0.4) is 0 Å². The Hall–Kier alpha value is -3.26. The zero-order valence-electron chi connectivity index (χ0n) is 26.3. The molecule has 0 radical (unpaired) electrons. The highest BCUT2D eigenvalue weighted by atomic mass is 35.5. The van der Waals surface area contributed by atoms with Crippen LogP contribution < -0.4 is 15.4 Å². The number of hydrogen-bond donors (Lipinski definition) is 3. The second kappa shape index (κ2) is 15.6. The van der Waals surface area contributed by atoms with Gasteiger partial charge in [-0.1, -0.05) is 32.4 Å². The normalized spacial score (nSPS) is 15.0. The monoisotopic (exact) mass is 649 g/mol. The van der Waals surface area contributed by atoms with Crippen LogP contribution in [0.1, 0.15) is 62.8 Å². The number of nitrogens with zero attached hydrogens (tertiary/aromatic N) is 5. The molecule has 0 amide bonds. The molecule has 1 saturated heterocycles. The Bertz CT molecular complexity index is 1500. The van der Waals surface area contributed by atoms with Crippen LogP contribution in [0.15, 0.2) is 24.5 Å². The van der Waals surface area contributed by atoms with Gasteiger partial charge in [0.25, 0.3) is 0 Å². The van der Waals surface area contributed by atoms with Crippen molar-refractivity contribution in [2.75, 3.05) is 36.6 Å². The number of aryl methyl sites for hydroxylation is 2. The van der Waals surface area contributed by atoms with Crippen LogP contribution in [0.4, 0.5) is 23.1 Å². The molecule has 1 aliphatic heterocycles. The fourth-order valence-corrected chi connectivity index (χ4v) is 5.59. The van der Waals surface area contributed by atoms with E-state index in [1.54, 1.807) is 10.9 Å². The summed E-state index contributed by atoms with van der Waals surface area (Å²) in [5.41, 5.74) is 4.71. The number of halogens is 1. The third kappa shape index (κ3) is 9.62. The molecule has 1 saturated carbocycles. The number of nitrogens with one attached hydrogen (secondary N) is 2. The van der Waals surface area contributed by atoms with E-state index in [4.69, 9.17) is 26.2 Å². The van der Waals surface area contributed by atoms with Crippen molar-refractivity contribution in [2.45, 2.75) is 65.4 Å². The largest absolute Gasteiger partial charge is 0.488 e. The molecule has 3 aromatic rings. The Morgan fingerprint density at radius 1 is 1.18 bits per heavy atom. The minimum Gasteiger partial charge on any atom is -0.488 e. The molecular weight excluding hydrogens is 606 g/mol. The Morgan fingerprint density at radius 2 is 1.84 bits per heavy atom. The van der Waals surface area contributed by atoms with E-state index in [-0.39, 0.29) is 12.0 Å². The number of carbonyl (C=O) groups excluding carboxylic acids is 1. The summed E-state index contributed by atoms with van der Waals surface area (Å²) in [6.07, 6.45) is 8.65. The molecular formula is C30H44ClN7O5S. The third-order valence-corrected chi connectivity index (χ3v) is 8.43. The molecule has 44 heavy (non-hydrogen) atoms. The first kappa shape index (κ1) is 35.2. The third-order valence-electron chi connectivity index (χ3n) is 6.92. The second-order valence-corrected chi connectivity index (χ2v) is 13.8. The van der Waals surface area contributed by atoms with Gasteiger partial charge in [0.05, 0.1) is 35.6 Å². The average Bonchev–Trinajstić information content (AvgIpc) is 3.69. The number of carbonyl (C=O) groups is 1. The van der Waals surface area contributed by atoms with Gasteiger partial charge in [0.1, 0.15) is 17.6 Å². The van der Waals surface area contributed by atoms with Gasteiger partial charge in [-0.3, -0.25) is 4.68 Å². The molecule has 2 aromatic heterocycles. The van der Waals surface area contributed by atoms with Crippen LogP contribution >= 0.6 is 11.6 Å². The minimum atomic E-state index is -3.17. The molecule has 0 atom stereocenters. The predicted octanol–water partition coefficient (Wildman–Crippen LogP) is 4.96. The molecule has 12 nitrogen and oxygen atoms in total. The second-order valence-electron chi connectivity index (χ2n) is 11.4. The van der Waals surface area contributed by atoms with Crippen molar-refractivity contribution in [2.24, 2.45) is 13.0 Å². The van der Waals surface area contributed by atoms with Gasteiger partial charge in [0.15, 0.2) is 5.82 Å². The van der Waals surface area contributed by atoms with Crippen LogP contribution in [0.5, 0.6) is 5.75 Å². The fraction of sp³-hybridized carbons (Fsp3) is 0.533. The van der Waals surface area contributed by atoms with E-state index in [0.717, 1.165) is 53.9 Å². The minimum absolute atomic E-state index is 0.141. The van der Waals surface area contributed by atoms with Gasteiger partial charge in [-0.2, -0.15) is 10.1 Å². The Labute approximate surface area is 265 Å². The highest BCUT2D eigenvalue weighted by Gasteiger charge is 2.35. The van der Waals surface area contributed by atoms with E-state index in [2.05, 4.69) is 39.5 Å². The van der Waals surface area contributed by atoms with Crippen LogP contribution in [0.2, 0.25) is 5.02 Å². The molecule has 3 N–H and O–H groups in total. The zero-order chi connectivity index (χ0) is 32.6. The molecule has 2 aliphatic rings. The van der Waals surface area contributed by atoms with Crippen LogP contribution in [-0.2, 0) is 28.3 Å². The Morgan fingerprint density at radius 3 is 2.41 bits per heavy atom. The molecule has 0 spiro atoms. The lowest BCUT2D eigenvalue weighted by atomic mass is 9.89. The van der Waals surface area contributed by atoms with Crippen molar-refractivity contribution < 1.29 is 23.1 Å². The molecule has 1 aliphatic carbocycles. The highest BCUT2D eigenvalue weighted by molar-refractivity contribution is 7.88. The number of aliphatic hydroxyl groups is 1. The maximum absolute atomic E-state index is 11.8. The summed E-state index contributed by atoms with van der Waals surface area (Å²) in [6.45, 7) is 11.5. The van der Waals surface area contributed by atoms with E-state index in [1.807, 2.05) is 46.0 Å². The maximum atomic E-state index is 11.8. The van der Waals surface area contributed by atoms with Crippen molar-refractivity contribution in [1.29, 1.82) is 0 Å². The summed E-state index contributed by atoms with van der Waals surface area (Å²) in [6, 6.07) is 4.05. The molecule has 1 aromatic carbocycles. The molecule has 0 bridgehead atoms. The molecule has 3 heterocycles. The van der Waals surface area contributed by atoms with Gasteiger partial charge in [-0.25, -0.2) is 17.7 Å². The molecule has 5 rings (SSSR count). The summed E-state index contributed by atoms with van der Waals surface area (Å²) in [7, 11) is -1.29. The number of aliphatic hydroxyl groups excluding tert-OH is 1. The first-order valence-electron chi connectivity index (χ1n) is 14.6. The molecule has 14 heteroatoms. The topological polar surface area (TPSA) is 152 Å². The molecule has 242 valence electrons. The fourth-order valence-electron chi connectivity index (χ4n) is 4.55. The van der Waals surface area contributed by atoms with E-state index >= 15 is 0 Å². The van der Waals surface area contributed by atoms with E-state index in [1.165, 1.54) is 10.6 Å². The van der Waals surface area contributed by atoms with Gasteiger partial charge in [-0.15, -0.1) is 0 Å². The number of ether oxygens (including phenoxy) is 1. The lowest BCUT2D eigenvalue weighted by Crippen LogP contribution is -2.48. The highest BCUT2D eigenvalue weighted by Crippen LogP contribution is 2.40. The lowest BCUT2D eigenvalue weighted by molar-refractivity contribution is -0.0980. The lowest BCUT2D eigenvalue weighted by Gasteiger charge is -2.38. The standard InChI is InChI=1S/C26H34ClN7O3S.C3H8O.CH2O/c1-15(2)8-21-23(14-33(4)32-21)29-25-20(27)11-28-26(31-25)30-22-9-16(3)19(10-24(22)37-18-6-7-18)17-12-34(13-17)38(5,35)36;1-2-3-4;1-2/h9-11,14-15,17-18H,6-8,12-13H2,1-5H3,(H2,28,29,30,31);4H,2-3H2,1H3;1H2. The summed E-state index contributed by atoms with van der Waals surface area (Å²) in [4.78, 5) is 17.0. The van der Waals surface area contributed by atoms with Crippen LogP contribution in [0, 0.1) is 12.8 Å². The van der Waals surface area contributed by atoms with Crippen molar-refractivity contribution in [3.8, 4) is 5.75 Å². The van der Waals surface area contributed by atoms with Gasteiger partial charge < -0.3 is 25.3 Å². The summed E-state index contributed by atoms with van der Waals surface area (Å²) >= 11 is 6.46.